The second-order valence-corrected chi connectivity index (χ2v) is 8.16. The van der Waals surface area contributed by atoms with Gasteiger partial charge in [-0.3, -0.25) is 4.90 Å². The van der Waals surface area contributed by atoms with Crippen LogP contribution in [0.2, 0.25) is 0 Å². The van der Waals surface area contributed by atoms with E-state index in [-0.39, 0.29) is 11.6 Å². The Morgan fingerprint density at radius 3 is 2.27 bits per heavy atom. The van der Waals surface area contributed by atoms with E-state index in [4.69, 9.17) is 0 Å². The van der Waals surface area contributed by atoms with E-state index in [2.05, 4.69) is 90.3 Å². The molecule has 1 aromatic carbocycles. The summed E-state index contributed by atoms with van der Waals surface area (Å²) >= 11 is 0. The van der Waals surface area contributed by atoms with Crippen LogP contribution >= 0.6 is 0 Å². The molecule has 26 heavy (non-hydrogen) atoms. The second kappa shape index (κ2) is 7.74. The average Bonchev–Trinajstić information content (AvgIpc) is 3.13. The number of rotatable bonds is 6. The first-order chi connectivity index (χ1) is 12.4. The van der Waals surface area contributed by atoms with Crippen molar-refractivity contribution in [2.45, 2.75) is 52.6 Å². The average molecular weight is 357 g/mol. The van der Waals surface area contributed by atoms with Gasteiger partial charge < -0.3 is 4.90 Å². The molecule has 3 rings (SSSR count). The summed E-state index contributed by atoms with van der Waals surface area (Å²) < 4.78 is 2.04. The van der Waals surface area contributed by atoms with Gasteiger partial charge >= 0.3 is 0 Å². The van der Waals surface area contributed by atoms with Gasteiger partial charge in [-0.2, -0.15) is 0 Å². The molecule has 6 nitrogen and oxygen atoms in total. The fourth-order valence-corrected chi connectivity index (χ4v) is 3.74. The minimum atomic E-state index is -0.0716. The summed E-state index contributed by atoms with van der Waals surface area (Å²) in [6.07, 6.45) is 0.998. The fourth-order valence-electron chi connectivity index (χ4n) is 3.74. The summed E-state index contributed by atoms with van der Waals surface area (Å²) in [6, 6.07) is 10.9. The summed E-state index contributed by atoms with van der Waals surface area (Å²) in [6.45, 7) is 15.3. The van der Waals surface area contributed by atoms with E-state index in [1.54, 1.807) is 0 Å². The number of anilines is 1. The standard InChI is InChI=1S/C20H32N6/c1-6-20(4,5)26-19(21-22-23-26)18(16(2)3)25-14-12-24(13-15-25)17-10-8-7-9-11-17/h7-11,16,18H,6,12-15H2,1-5H3. The third-order valence-corrected chi connectivity index (χ3v) is 5.66. The van der Waals surface area contributed by atoms with Crippen LogP contribution < -0.4 is 4.90 Å². The molecule has 0 radical (unpaired) electrons. The number of nitrogens with zero attached hydrogens (tertiary/aromatic N) is 6. The Bertz CT molecular complexity index is 685. The van der Waals surface area contributed by atoms with E-state index < -0.39 is 0 Å². The van der Waals surface area contributed by atoms with Gasteiger partial charge in [-0.1, -0.05) is 39.0 Å². The molecule has 1 aliphatic heterocycles. The molecular formula is C20H32N6. The normalized spacial score (nSPS) is 17.7. The molecule has 6 heteroatoms. The van der Waals surface area contributed by atoms with Crippen molar-refractivity contribution >= 4 is 5.69 Å². The molecule has 1 atom stereocenters. The van der Waals surface area contributed by atoms with Crippen LogP contribution in [0.25, 0.3) is 0 Å². The first-order valence-corrected chi connectivity index (χ1v) is 9.77. The Labute approximate surface area is 157 Å². The zero-order valence-electron chi connectivity index (χ0n) is 16.8. The van der Waals surface area contributed by atoms with Crippen LogP contribution in [-0.4, -0.2) is 51.3 Å². The highest BCUT2D eigenvalue weighted by Gasteiger charge is 2.34. The number of tetrazole rings is 1. The lowest BCUT2D eigenvalue weighted by atomic mass is 9.97. The number of hydrogen-bond acceptors (Lipinski definition) is 5. The van der Waals surface area contributed by atoms with Crippen LogP contribution in [0.15, 0.2) is 30.3 Å². The van der Waals surface area contributed by atoms with E-state index in [1.165, 1.54) is 5.69 Å². The maximum Gasteiger partial charge on any atom is 0.169 e. The largest absolute Gasteiger partial charge is 0.369 e. The molecule has 1 aromatic heterocycles. The molecule has 142 valence electrons. The van der Waals surface area contributed by atoms with Crippen molar-refractivity contribution in [1.29, 1.82) is 0 Å². The smallest absolute Gasteiger partial charge is 0.169 e. The van der Waals surface area contributed by atoms with Gasteiger partial charge in [0.25, 0.3) is 0 Å². The highest BCUT2D eigenvalue weighted by atomic mass is 15.6. The van der Waals surface area contributed by atoms with Gasteiger partial charge in [0, 0.05) is 31.9 Å². The van der Waals surface area contributed by atoms with Gasteiger partial charge in [-0.05, 0) is 48.7 Å². The van der Waals surface area contributed by atoms with Gasteiger partial charge in [0.2, 0.25) is 0 Å². The lowest BCUT2D eigenvalue weighted by Crippen LogP contribution is -2.49. The molecule has 0 N–H and O–H groups in total. The highest BCUT2D eigenvalue weighted by molar-refractivity contribution is 5.46. The fraction of sp³-hybridized carbons (Fsp3) is 0.650. The summed E-state index contributed by atoms with van der Waals surface area (Å²) in [5.74, 6) is 1.45. The first kappa shape index (κ1) is 18.8. The predicted molar refractivity (Wildman–Crippen MR) is 105 cm³/mol. The summed E-state index contributed by atoms with van der Waals surface area (Å²) in [5, 5.41) is 12.8. The van der Waals surface area contributed by atoms with E-state index in [0.717, 1.165) is 38.4 Å². The minimum Gasteiger partial charge on any atom is -0.369 e. The molecule has 0 amide bonds. The first-order valence-electron chi connectivity index (χ1n) is 9.77. The Kier molecular flexibility index (Phi) is 5.61. The lowest BCUT2D eigenvalue weighted by Gasteiger charge is -2.41. The third kappa shape index (κ3) is 3.75. The summed E-state index contributed by atoms with van der Waals surface area (Å²) in [4.78, 5) is 5.02. The van der Waals surface area contributed by atoms with Crippen LogP contribution in [0, 0.1) is 5.92 Å². The van der Waals surface area contributed by atoms with Crippen LogP contribution in [0.5, 0.6) is 0 Å². The van der Waals surface area contributed by atoms with E-state index in [9.17, 15) is 0 Å². The van der Waals surface area contributed by atoms with Crippen molar-refractivity contribution in [3.8, 4) is 0 Å². The maximum absolute atomic E-state index is 4.45. The molecule has 0 bridgehead atoms. The lowest BCUT2D eigenvalue weighted by molar-refractivity contribution is 0.126. The van der Waals surface area contributed by atoms with Crippen molar-refractivity contribution in [3.05, 3.63) is 36.2 Å². The molecule has 2 aromatic rings. The van der Waals surface area contributed by atoms with Gasteiger partial charge in [-0.15, -0.1) is 5.10 Å². The predicted octanol–water partition coefficient (Wildman–Crippen LogP) is 3.34. The topological polar surface area (TPSA) is 50.1 Å². The number of hydrogen-bond donors (Lipinski definition) is 0. The van der Waals surface area contributed by atoms with E-state index >= 15 is 0 Å². The number of piperazine rings is 1. The van der Waals surface area contributed by atoms with E-state index in [1.807, 2.05) is 4.68 Å². The Morgan fingerprint density at radius 2 is 1.69 bits per heavy atom. The monoisotopic (exact) mass is 356 g/mol. The number of para-hydroxylation sites is 1. The van der Waals surface area contributed by atoms with Gasteiger partial charge in [0.05, 0.1) is 11.6 Å². The van der Waals surface area contributed by atoms with Crippen molar-refractivity contribution in [1.82, 2.24) is 25.1 Å². The molecule has 2 heterocycles. The summed E-state index contributed by atoms with van der Waals surface area (Å²) in [7, 11) is 0. The molecule has 1 aliphatic rings. The Hall–Kier alpha value is -1.95. The van der Waals surface area contributed by atoms with E-state index in [0.29, 0.717) is 5.92 Å². The van der Waals surface area contributed by atoms with Gasteiger partial charge in [0.15, 0.2) is 5.82 Å². The van der Waals surface area contributed by atoms with Crippen LogP contribution in [-0.2, 0) is 5.54 Å². The molecule has 1 fully saturated rings. The molecular weight excluding hydrogens is 324 g/mol. The quantitative estimate of drug-likeness (QED) is 0.794. The molecule has 0 spiro atoms. The Balaban J connectivity index is 1.78. The number of benzene rings is 1. The SMILES string of the molecule is CCC(C)(C)n1nnnc1C(C(C)C)N1CCN(c2ccccc2)CC1. The van der Waals surface area contributed by atoms with Crippen LogP contribution in [0.1, 0.15) is 52.9 Å². The van der Waals surface area contributed by atoms with Crippen molar-refractivity contribution in [2.24, 2.45) is 5.92 Å². The zero-order chi connectivity index (χ0) is 18.7. The second-order valence-electron chi connectivity index (χ2n) is 8.16. The minimum absolute atomic E-state index is 0.0716. The van der Waals surface area contributed by atoms with Gasteiger partial charge in [0.1, 0.15) is 0 Å². The molecule has 0 saturated carbocycles. The zero-order valence-corrected chi connectivity index (χ0v) is 16.8. The van der Waals surface area contributed by atoms with Crippen molar-refractivity contribution < 1.29 is 0 Å². The Morgan fingerprint density at radius 1 is 1.04 bits per heavy atom. The molecule has 1 unspecified atom stereocenters. The highest BCUT2D eigenvalue weighted by Crippen LogP contribution is 2.31. The van der Waals surface area contributed by atoms with Crippen molar-refractivity contribution in [2.75, 3.05) is 31.1 Å². The molecule has 1 saturated heterocycles. The van der Waals surface area contributed by atoms with Crippen molar-refractivity contribution in [3.63, 3.8) is 0 Å². The van der Waals surface area contributed by atoms with Gasteiger partial charge in [-0.25, -0.2) is 4.68 Å². The summed E-state index contributed by atoms with van der Waals surface area (Å²) in [5.41, 5.74) is 1.24. The number of aromatic nitrogens is 4. The van der Waals surface area contributed by atoms with Crippen LogP contribution in [0.3, 0.4) is 0 Å². The van der Waals surface area contributed by atoms with Crippen LogP contribution in [0.4, 0.5) is 5.69 Å². The maximum atomic E-state index is 4.45. The molecule has 0 aliphatic carbocycles. The third-order valence-electron chi connectivity index (χ3n) is 5.66.